The minimum absolute atomic E-state index is 0.0115. The molecule has 4 rings (SSSR count). The number of amides is 5. The molecular weight excluding hydrogens is 654 g/mol. The standard InChI is InChI=1S/C38H41N5O8/c1-24(2)35(37(49)41-30(18-21-34(46)47)36(48)40-29-16-12-25(13-17-29)23-51-38(50)39-3)42-32(44)19-20-33(45)43-22-28-10-5-4-8-26(28)14-15-27-9-6-7-11-31(27)43/h4-13,16-17,24,30,35H,18-23H2,1-3H3,(H,39,50)(H,40,48)(H,41,49)(H,42,44)(H,46,47)/t30-,35-/m0/s1. The SMILES string of the molecule is CNC(=O)OCc1ccc(NC(=O)[C@H](CCC(=O)O)NC(=O)[C@@H](NC(=O)CCC(=O)N2Cc3ccccc3C#Cc3ccccc32)C(C)C)cc1. The Morgan fingerprint density at radius 2 is 1.49 bits per heavy atom. The zero-order valence-corrected chi connectivity index (χ0v) is 28.7. The molecular formula is C38H41N5O8. The molecule has 13 nitrogen and oxygen atoms in total. The number of para-hydroxylation sites is 1. The van der Waals surface area contributed by atoms with E-state index < -0.39 is 54.2 Å². The van der Waals surface area contributed by atoms with E-state index in [4.69, 9.17) is 4.74 Å². The summed E-state index contributed by atoms with van der Waals surface area (Å²) in [5.74, 6) is 2.59. The minimum Gasteiger partial charge on any atom is -0.481 e. The molecule has 0 unspecified atom stereocenters. The summed E-state index contributed by atoms with van der Waals surface area (Å²) in [6, 6.07) is 19.0. The van der Waals surface area contributed by atoms with E-state index in [0.717, 1.165) is 11.1 Å². The Kier molecular flexibility index (Phi) is 13.3. The first-order valence-corrected chi connectivity index (χ1v) is 16.5. The highest BCUT2D eigenvalue weighted by Gasteiger charge is 2.30. The molecule has 0 saturated heterocycles. The zero-order valence-electron chi connectivity index (χ0n) is 28.7. The number of fused-ring (bicyclic) bond motifs is 2. The van der Waals surface area contributed by atoms with Gasteiger partial charge < -0.3 is 36.0 Å². The highest BCUT2D eigenvalue weighted by Crippen LogP contribution is 2.26. The van der Waals surface area contributed by atoms with Crippen LogP contribution in [0.5, 0.6) is 0 Å². The van der Waals surface area contributed by atoms with Crippen molar-refractivity contribution < 1.29 is 38.6 Å². The number of carboxylic acid groups (broad SMARTS) is 1. The van der Waals surface area contributed by atoms with Crippen LogP contribution in [0, 0.1) is 17.8 Å². The van der Waals surface area contributed by atoms with Crippen LogP contribution in [0.1, 0.15) is 61.8 Å². The average molecular weight is 696 g/mol. The van der Waals surface area contributed by atoms with Crippen LogP contribution >= 0.6 is 0 Å². The molecule has 1 heterocycles. The second kappa shape index (κ2) is 18.0. The third kappa shape index (κ3) is 10.9. The van der Waals surface area contributed by atoms with Gasteiger partial charge in [0.05, 0.1) is 12.2 Å². The quantitative estimate of drug-likeness (QED) is 0.158. The van der Waals surface area contributed by atoms with Crippen LogP contribution < -0.4 is 26.2 Å². The summed E-state index contributed by atoms with van der Waals surface area (Å²) in [6.45, 7) is 3.72. The van der Waals surface area contributed by atoms with Gasteiger partial charge in [-0.2, -0.15) is 0 Å². The number of anilines is 2. The maximum absolute atomic E-state index is 13.6. The van der Waals surface area contributed by atoms with E-state index in [-0.39, 0.29) is 38.3 Å². The molecule has 1 aliphatic heterocycles. The van der Waals surface area contributed by atoms with Crippen molar-refractivity contribution in [2.75, 3.05) is 17.3 Å². The van der Waals surface area contributed by atoms with Gasteiger partial charge in [-0.25, -0.2) is 4.79 Å². The van der Waals surface area contributed by atoms with Gasteiger partial charge in [0.25, 0.3) is 0 Å². The monoisotopic (exact) mass is 695 g/mol. The maximum Gasteiger partial charge on any atom is 0.407 e. The summed E-state index contributed by atoms with van der Waals surface area (Å²) in [5.41, 5.74) is 4.05. The van der Waals surface area contributed by atoms with Gasteiger partial charge in [-0.1, -0.05) is 68.2 Å². The molecule has 0 saturated carbocycles. The smallest absolute Gasteiger partial charge is 0.407 e. The molecule has 0 fully saturated rings. The highest BCUT2D eigenvalue weighted by molar-refractivity contribution is 5.99. The summed E-state index contributed by atoms with van der Waals surface area (Å²) in [6.07, 6.45) is -1.53. The van der Waals surface area contributed by atoms with E-state index in [1.54, 1.807) is 43.0 Å². The van der Waals surface area contributed by atoms with Crippen LogP contribution in [0.3, 0.4) is 0 Å². The van der Waals surface area contributed by atoms with E-state index in [1.807, 2.05) is 48.5 Å². The Morgan fingerprint density at radius 3 is 2.18 bits per heavy atom. The van der Waals surface area contributed by atoms with E-state index in [0.29, 0.717) is 22.5 Å². The van der Waals surface area contributed by atoms with Crippen molar-refractivity contribution in [3.05, 3.63) is 95.1 Å². The van der Waals surface area contributed by atoms with Gasteiger partial charge in [0.15, 0.2) is 0 Å². The number of hydrogen-bond donors (Lipinski definition) is 5. The van der Waals surface area contributed by atoms with Gasteiger partial charge in [0.2, 0.25) is 23.6 Å². The lowest BCUT2D eigenvalue weighted by atomic mass is 10.0. The number of aliphatic carboxylic acids is 1. The van der Waals surface area contributed by atoms with Gasteiger partial charge >= 0.3 is 12.1 Å². The number of nitrogens with zero attached hydrogens (tertiary/aromatic N) is 1. The molecule has 266 valence electrons. The van der Waals surface area contributed by atoms with Gasteiger partial charge in [0.1, 0.15) is 18.7 Å². The topological polar surface area (TPSA) is 183 Å². The predicted molar refractivity (Wildman–Crippen MR) is 189 cm³/mol. The molecule has 5 amide bonds. The fourth-order valence-electron chi connectivity index (χ4n) is 5.28. The third-order valence-electron chi connectivity index (χ3n) is 8.08. The summed E-state index contributed by atoms with van der Waals surface area (Å²) >= 11 is 0. The van der Waals surface area contributed by atoms with Crippen molar-refractivity contribution in [1.29, 1.82) is 0 Å². The number of hydrogen-bond acceptors (Lipinski definition) is 7. The first-order valence-electron chi connectivity index (χ1n) is 16.5. The number of carbonyl (C=O) groups excluding carboxylic acids is 5. The molecule has 3 aromatic rings. The van der Waals surface area contributed by atoms with Crippen LogP contribution in [-0.4, -0.2) is 59.9 Å². The van der Waals surface area contributed by atoms with Crippen molar-refractivity contribution in [3.63, 3.8) is 0 Å². The molecule has 51 heavy (non-hydrogen) atoms. The van der Waals surface area contributed by atoms with Crippen LogP contribution in [0.4, 0.5) is 16.2 Å². The lowest BCUT2D eigenvalue weighted by Gasteiger charge is -2.27. The van der Waals surface area contributed by atoms with Gasteiger partial charge in [0, 0.05) is 43.1 Å². The lowest BCUT2D eigenvalue weighted by molar-refractivity contribution is -0.138. The fraction of sp³-hybridized carbons (Fsp3) is 0.316. The molecule has 1 aliphatic rings. The molecule has 2 atom stereocenters. The molecule has 0 aliphatic carbocycles. The van der Waals surface area contributed by atoms with Crippen molar-refractivity contribution in [1.82, 2.24) is 16.0 Å². The number of nitrogens with one attached hydrogen (secondary N) is 4. The zero-order chi connectivity index (χ0) is 36.9. The Labute approximate surface area is 296 Å². The van der Waals surface area contributed by atoms with Gasteiger partial charge in [-0.05, 0) is 53.8 Å². The molecule has 0 aromatic heterocycles. The molecule has 5 N–H and O–H groups in total. The Bertz CT molecular complexity index is 1830. The fourth-order valence-corrected chi connectivity index (χ4v) is 5.28. The first kappa shape index (κ1) is 37.7. The highest BCUT2D eigenvalue weighted by atomic mass is 16.5. The van der Waals surface area contributed by atoms with E-state index in [1.165, 1.54) is 7.05 Å². The molecule has 0 radical (unpaired) electrons. The Morgan fingerprint density at radius 1 is 0.824 bits per heavy atom. The van der Waals surface area contributed by atoms with E-state index >= 15 is 0 Å². The molecule has 0 bridgehead atoms. The number of rotatable bonds is 14. The van der Waals surface area contributed by atoms with Gasteiger partial charge in [-0.3, -0.25) is 24.0 Å². The molecule has 3 aromatic carbocycles. The number of alkyl carbamates (subject to hydrolysis) is 1. The first-order chi connectivity index (χ1) is 24.4. The lowest BCUT2D eigenvalue weighted by Crippen LogP contribution is -2.54. The van der Waals surface area contributed by atoms with Crippen LogP contribution in [0.2, 0.25) is 0 Å². The number of ether oxygens (including phenoxy) is 1. The van der Waals surface area contributed by atoms with Crippen LogP contribution in [0.25, 0.3) is 0 Å². The molecule has 13 heteroatoms. The largest absolute Gasteiger partial charge is 0.481 e. The summed E-state index contributed by atoms with van der Waals surface area (Å²) in [7, 11) is 1.44. The molecule has 0 spiro atoms. The summed E-state index contributed by atoms with van der Waals surface area (Å²) < 4.78 is 5.00. The Hall–Kier alpha value is -6.16. The van der Waals surface area contributed by atoms with Crippen molar-refractivity contribution in [3.8, 4) is 11.8 Å². The summed E-state index contributed by atoms with van der Waals surface area (Å²) in [5, 5.41) is 19.6. The van der Waals surface area contributed by atoms with E-state index in [9.17, 15) is 33.9 Å². The number of carbonyl (C=O) groups is 6. The minimum atomic E-state index is -1.23. The van der Waals surface area contributed by atoms with Crippen molar-refractivity contribution in [2.24, 2.45) is 5.92 Å². The summed E-state index contributed by atoms with van der Waals surface area (Å²) in [4.78, 5) is 77.7. The third-order valence-corrected chi connectivity index (χ3v) is 8.08. The number of benzene rings is 3. The number of carboxylic acids is 1. The van der Waals surface area contributed by atoms with Crippen LogP contribution in [-0.2, 0) is 41.9 Å². The second-order valence-corrected chi connectivity index (χ2v) is 12.2. The van der Waals surface area contributed by atoms with Crippen LogP contribution in [0.15, 0.2) is 72.8 Å². The second-order valence-electron chi connectivity index (χ2n) is 12.2. The van der Waals surface area contributed by atoms with Gasteiger partial charge in [-0.15, -0.1) is 0 Å². The predicted octanol–water partition coefficient (Wildman–Crippen LogP) is 3.70. The average Bonchev–Trinajstić information content (AvgIpc) is 3.11. The Balaban J connectivity index is 1.39. The maximum atomic E-state index is 13.6. The normalized spacial score (nSPS) is 12.7. The van der Waals surface area contributed by atoms with E-state index in [2.05, 4.69) is 33.1 Å². The van der Waals surface area contributed by atoms with Crippen molar-refractivity contribution in [2.45, 2.75) is 64.8 Å². The van der Waals surface area contributed by atoms with Crippen molar-refractivity contribution >= 4 is 47.1 Å².